The first-order valence-corrected chi connectivity index (χ1v) is 7.27. The van der Waals surface area contributed by atoms with Crippen LogP contribution in [0.5, 0.6) is 11.5 Å². The van der Waals surface area contributed by atoms with Crippen LogP contribution in [-0.2, 0) is 0 Å². The second-order valence-electron chi connectivity index (χ2n) is 5.30. The number of benzene rings is 2. The van der Waals surface area contributed by atoms with Crippen molar-refractivity contribution in [2.45, 2.75) is 12.1 Å². The molecular formula is C18H13F5O3. The molecule has 0 bridgehead atoms. The van der Waals surface area contributed by atoms with E-state index in [2.05, 4.69) is 4.74 Å². The van der Waals surface area contributed by atoms with E-state index in [0.29, 0.717) is 11.1 Å². The third kappa shape index (κ3) is 5.05. The number of alkyl halides is 5. The fourth-order valence-electron chi connectivity index (χ4n) is 1.82. The molecule has 0 aromatic heterocycles. The number of allylic oxidation sites excluding steroid dienone is 1. The van der Waals surface area contributed by atoms with Crippen LogP contribution >= 0.6 is 0 Å². The Morgan fingerprint density at radius 2 is 1.54 bits per heavy atom. The topological polar surface area (TPSA) is 46.5 Å². The molecule has 0 amide bonds. The highest BCUT2D eigenvalue weighted by atomic mass is 19.4. The van der Waals surface area contributed by atoms with Crippen molar-refractivity contribution in [3.63, 3.8) is 0 Å². The molecule has 8 heteroatoms. The van der Waals surface area contributed by atoms with E-state index in [1.165, 1.54) is 60.7 Å². The van der Waals surface area contributed by atoms with Gasteiger partial charge in [-0.05, 0) is 48.0 Å². The van der Waals surface area contributed by atoms with E-state index >= 15 is 0 Å². The van der Waals surface area contributed by atoms with Crippen LogP contribution in [0, 0.1) is 0 Å². The number of phenols is 1. The molecule has 3 nitrogen and oxygen atoms in total. The van der Waals surface area contributed by atoms with Crippen LogP contribution in [0.4, 0.5) is 22.0 Å². The predicted octanol–water partition coefficient (Wildman–Crippen LogP) is 4.86. The smallest absolute Gasteiger partial charge is 0.456 e. The molecule has 1 N–H and O–H groups in total. The first-order valence-electron chi connectivity index (χ1n) is 7.27. The Bertz CT molecular complexity index is 778. The second kappa shape index (κ2) is 7.55. The number of ether oxygens (including phenoxy) is 1. The third-order valence-corrected chi connectivity index (χ3v) is 3.29. The van der Waals surface area contributed by atoms with E-state index in [4.69, 9.17) is 5.11 Å². The molecule has 0 heterocycles. The Balaban J connectivity index is 1.97. The summed E-state index contributed by atoms with van der Waals surface area (Å²) in [6.45, 7) is -1.81. The van der Waals surface area contributed by atoms with Crippen LogP contribution in [0.1, 0.15) is 15.9 Å². The number of carbonyl (C=O) groups excluding carboxylic acids is 1. The van der Waals surface area contributed by atoms with E-state index in [-0.39, 0.29) is 17.3 Å². The summed E-state index contributed by atoms with van der Waals surface area (Å²) in [6.07, 6.45) is -2.96. The largest absolute Gasteiger partial charge is 0.508 e. The fraction of sp³-hybridized carbons (Fsp3) is 0.167. The monoisotopic (exact) mass is 372 g/mol. The van der Waals surface area contributed by atoms with Crippen LogP contribution in [0.15, 0.2) is 54.6 Å². The van der Waals surface area contributed by atoms with Gasteiger partial charge in [0.2, 0.25) is 0 Å². The SMILES string of the molecule is O=C(C=Cc1ccc(OCC(F)(F)C(F)(F)F)cc1)c1ccc(O)cc1. The van der Waals surface area contributed by atoms with Gasteiger partial charge in [-0.2, -0.15) is 22.0 Å². The van der Waals surface area contributed by atoms with Crippen molar-refractivity contribution >= 4 is 11.9 Å². The number of aromatic hydroxyl groups is 1. The number of ketones is 1. The van der Waals surface area contributed by atoms with E-state index in [9.17, 15) is 26.7 Å². The lowest BCUT2D eigenvalue weighted by Crippen LogP contribution is -2.41. The molecule has 2 aromatic rings. The zero-order valence-corrected chi connectivity index (χ0v) is 13.1. The van der Waals surface area contributed by atoms with E-state index in [1.54, 1.807) is 0 Å². The number of halogens is 5. The van der Waals surface area contributed by atoms with Crippen molar-refractivity contribution in [2.24, 2.45) is 0 Å². The van der Waals surface area contributed by atoms with Gasteiger partial charge in [0.1, 0.15) is 11.5 Å². The lowest BCUT2D eigenvalue weighted by molar-refractivity contribution is -0.290. The Hall–Kier alpha value is -2.90. The van der Waals surface area contributed by atoms with Crippen molar-refractivity contribution in [3.05, 3.63) is 65.7 Å². The molecule has 0 radical (unpaired) electrons. The lowest BCUT2D eigenvalue weighted by Gasteiger charge is -2.19. The molecule has 0 saturated carbocycles. The molecule has 26 heavy (non-hydrogen) atoms. The van der Waals surface area contributed by atoms with Gasteiger partial charge in [-0.3, -0.25) is 4.79 Å². The van der Waals surface area contributed by atoms with E-state index in [1.807, 2.05) is 0 Å². The van der Waals surface area contributed by atoms with Crippen molar-refractivity contribution in [2.75, 3.05) is 6.61 Å². The molecule has 0 aliphatic carbocycles. The van der Waals surface area contributed by atoms with Crippen molar-refractivity contribution in [1.82, 2.24) is 0 Å². The summed E-state index contributed by atoms with van der Waals surface area (Å²) in [7, 11) is 0. The van der Waals surface area contributed by atoms with Crippen LogP contribution in [0.2, 0.25) is 0 Å². The van der Waals surface area contributed by atoms with Gasteiger partial charge >= 0.3 is 12.1 Å². The van der Waals surface area contributed by atoms with Crippen LogP contribution < -0.4 is 4.74 Å². The zero-order valence-electron chi connectivity index (χ0n) is 13.1. The van der Waals surface area contributed by atoms with Gasteiger partial charge in [0.25, 0.3) is 0 Å². The Labute approximate surface area is 145 Å². The Morgan fingerprint density at radius 1 is 0.962 bits per heavy atom. The summed E-state index contributed by atoms with van der Waals surface area (Å²) in [5, 5.41) is 9.16. The summed E-state index contributed by atoms with van der Waals surface area (Å²) in [5.41, 5.74) is 0.875. The molecule has 0 fully saturated rings. The standard InChI is InChI=1S/C18H13F5O3/c19-17(20,18(21,22)23)11-26-15-8-1-12(2-9-15)3-10-16(25)13-4-6-14(24)7-5-13/h1-10,24H,11H2. The molecule has 0 saturated heterocycles. The first kappa shape index (κ1) is 19.4. The fourth-order valence-corrected chi connectivity index (χ4v) is 1.82. The maximum Gasteiger partial charge on any atom is 0.456 e. The molecule has 0 spiro atoms. The summed E-state index contributed by atoms with van der Waals surface area (Å²) in [6, 6.07) is 10.9. The summed E-state index contributed by atoms with van der Waals surface area (Å²) in [4.78, 5) is 11.9. The maximum atomic E-state index is 12.8. The highest BCUT2D eigenvalue weighted by molar-refractivity contribution is 6.06. The highest BCUT2D eigenvalue weighted by Gasteiger charge is 2.58. The van der Waals surface area contributed by atoms with Crippen LogP contribution in [0.25, 0.3) is 6.08 Å². The van der Waals surface area contributed by atoms with Gasteiger partial charge in [0.15, 0.2) is 12.4 Å². The van der Waals surface area contributed by atoms with Crippen molar-refractivity contribution < 1.29 is 36.6 Å². The molecule has 0 aliphatic heterocycles. The van der Waals surface area contributed by atoms with Crippen LogP contribution in [0.3, 0.4) is 0 Å². The summed E-state index contributed by atoms with van der Waals surface area (Å²) < 4.78 is 66.2. The Kier molecular flexibility index (Phi) is 5.64. The summed E-state index contributed by atoms with van der Waals surface area (Å²) in [5.74, 6) is -5.40. The van der Waals surface area contributed by atoms with Gasteiger partial charge in [-0.15, -0.1) is 0 Å². The average Bonchev–Trinajstić information content (AvgIpc) is 2.58. The van der Waals surface area contributed by atoms with Gasteiger partial charge in [0, 0.05) is 5.56 Å². The normalized spacial score (nSPS) is 12.3. The van der Waals surface area contributed by atoms with Crippen LogP contribution in [-0.4, -0.2) is 29.6 Å². The maximum absolute atomic E-state index is 12.8. The Morgan fingerprint density at radius 3 is 2.08 bits per heavy atom. The van der Waals surface area contributed by atoms with Gasteiger partial charge < -0.3 is 9.84 Å². The predicted molar refractivity (Wildman–Crippen MR) is 84.4 cm³/mol. The summed E-state index contributed by atoms with van der Waals surface area (Å²) >= 11 is 0. The lowest BCUT2D eigenvalue weighted by atomic mass is 10.1. The van der Waals surface area contributed by atoms with E-state index in [0.717, 1.165) is 0 Å². The van der Waals surface area contributed by atoms with Gasteiger partial charge in [-0.25, -0.2) is 0 Å². The minimum atomic E-state index is -5.68. The number of hydrogen-bond acceptors (Lipinski definition) is 3. The molecule has 2 aromatic carbocycles. The van der Waals surface area contributed by atoms with Gasteiger partial charge in [0.05, 0.1) is 0 Å². The highest BCUT2D eigenvalue weighted by Crippen LogP contribution is 2.35. The number of phenolic OH excluding ortho intramolecular Hbond substituents is 1. The molecule has 2 rings (SSSR count). The molecule has 0 unspecified atom stereocenters. The van der Waals surface area contributed by atoms with Gasteiger partial charge in [-0.1, -0.05) is 18.2 Å². The minimum absolute atomic E-state index is 0.0252. The molecular weight excluding hydrogens is 359 g/mol. The zero-order chi connectivity index (χ0) is 19.4. The molecule has 0 atom stereocenters. The average molecular weight is 372 g/mol. The van der Waals surface area contributed by atoms with Crippen molar-refractivity contribution in [1.29, 1.82) is 0 Å². The van der Waals surface area contributed by atoms with E-state index < -0.39 is 18.7 Å². The number of carbonyl (C=O) groups is 1. The second-order valence-corrected chi connectivity index (χ2v) is 5.30. The number of rotatable bonds is 6. The molecule has 138 valence electrons. The third-order valence-electron chi connectivity index (χ3n) is 3.29. The molecule has 0 aliphatic rings. The quantitative estimate of drug-likeness (QED) is 0.447. The van der Waals surface area contributed by atoms with Crippen molar-refractivity contribution in [3.8, 4) is 11.5 Å². The minimum Gasteiger partial charge on any atom is -0.508 e. The number of hydrogen-bond donors (Lipinski definition) is 1. The first-order chi connectivity index (χ1) is 12.1.